The van der Waals surface area contributed by atoms with Gasteiger partial charge in [-0.3, -0.25) is 4.79 Å². The van der Waals surface area contributed by atoms with Crippen molar-refractivity contribution in [3.8, 4) is 5.69 Å². The predicted octanol–water partition coefficient (Wildman–Crippen LogP) is 0.924. The number of benzene rings is 1. The smallest absolute Gasteiger partial charge is 0.335 e. The van der Waals surface area contributed by atoms with Gasteiger partial charge in [-0.1, -0.05) is 0 Å². The Kier molecular flexibility index (Phi) is 3.87. The number of carbonyl (C=O) groups excluding carboxylic acids is 1. The summed E-state index contributed by atoms with van der Waals surface area (Å²) in [6, 6.07) is 7.12. The van der Waals surface area contributed by atoms with E-state index in [1.54, 1.807) is 29.6 Å². The lowest BCUT2D eigenvalue weighted by Crippen LogP contribution is -2.50. The molecule has 1 fully saturated rings. The second-order valence-electron chi connectivity index (χ2n) is 5.65. The van der Waals surface area contributed by atoms with E-state index >= 15 is 0 Å². The van der Waals surface area contributed by atoms with E-state index < -0.39 is 11.6 Å². The topological polar surface area (TPSA) is 95.7 Å². The molecule has 120 valence electrons. The van der Waals surface area contributed by atoms with Crippen LogP contribution in [0.5, 0.6) is 0 Å². The summed E-state index contributed by atoms with van der Waals surface area (Å²) >= 11 is 0. The minimum Gasteiger partial charge on any atom is -0.479 e. The van der Waals surface area contributed by atoms with Crippen LogP contribution in [-0.4, -0.2) is 55.2 Å². The van der Waals surface area contributed by atoms with Crippen molar-refractivity contribution < 1.29 is 19.8 Å². The molecule has 1 aliphatic rings. The molecular formula is C16H17N3O4. The predicted molar refractivity (Wildman–Crippen MR) is 81.3 cm³/mol. The van der Waals surface area contributed by atoms with Crippen LogP contribution in [0.25, 0.3) is 5.69 Å². The Morgan fingerprint density at radius 1 is 1.13 bits per heavy atom. The van der Waals surface area contributed by atoms with Crippen LogP contribution < -0.4 is 0 Å². The van der Waals surface area contributed by atoms with Gasteiger partial charge in [0.05, 0.1) is 6.33 Å². The third kappa shape index (κ3) is 2.95. The molecule has 0 bridgehead atoms. The van der Waals surface area contributed by atoms with E-state index in [1.807, 2.05) is 22.9 Å². The molecule has 7 nitrogen and oxygen atoms in total. The molecule has 0 aliphatic carbocycles. The first-order chi connectivity index (χ1) is 11.0. The van der Waals surface area contributed by atoms with E-state index in [9.17, 15) is 14.7 Å². The molecule has 1 aliphatic heterocycles. The molecule has 1 saturated heterocycles. The van der Waals surface area contributed by atoms with E-state index in [2.05, 4.69) is 4.98 Å². The summed E-state index contributed by atoms with van der Waals surface area (Å²) in [5.74, 6) is -1.39. The summed E-state index contributed by atoms with van der Waals surface area (Å²) in [6.07, 6.45) is 5.25. The summed E-state index contributed by atoms with van der Waals surface area (Å²) < 4.78 is 1.84. The van der Waals surface area contributed by atoms with Crippen LogP contribution in [0.2, 0.25) is 0 Å². The van der Waals surface area contributed by atoms with Gasteiger partial charge in [-0.05, 0) is 24.3 Å². The number of hydrogen-bond acceptors (Lipinski definition) is 4. The molecule has 2 aromatic rings. The molecule has 1 aromatic heterocycles. The molecule has 3 rings (SSSR count). The maximum Gasteiger partial charge on any atom is 0.335 e. The molecule has 7 heteroatoms. The molecule has 23 heavy (non-hydrogen) atoms. The lowest BCUT2D eigenvalue weighted by Gasteiger charge is -2.35. The van der Waals surface area contributed by atoms with Crippen molar-refractivity contribution in [2.75, 3.05) is 13.1 Å². The standard InChI is InChI=1S/C16H17N3O4/c20-14(18-8-5-16(23,6-9-18)15(21)22)12-1-3-13(4-2-12)19-10-7-17-11-19/h1-4,7,10-11,23H,5-6,8-9H2,(H,21,22). The molecule has 0 radical (unpaired) electrons. The van der Waals surface area contributed by atoms with Gasteiger partial charge in [0, 0.05) is 49.6 Å². The number of hydrogen-bond donors (Lipinski definition) is 2. The highest BCUT2D eigenvalue weighted by molar-refractivity contribution is 5.94. The summed E-state index contributed by atoms with van der Waals surface area (Å²) in [7, 11) is 0. The number of imidazole rings is 1. The fourth-order valence-corrected chi connectivity index (χ4v) is 2.66. The van der Waals surface area contributed by atoms with Gasteiger partial charge in [0.1, 0.15) is 0 Å². The molecule has 0 unspecified atom stereocenters. The third-order valence-electron chi connectivity index (χ3n) is 4.19. The zero-order valence-corrected chi connectivity index (χ0v) is 12.4. The van der Waals surface area contributed by atoms with Gasteiger partial charge in [0.2, 0.25) is 0 Å². The third-order valence-corrected chi connectivity index (χ3v) is 4.19. The first kappa shape index (κ1) is 15.2. The highest BCUT2D eigenvalue weighted by Gasteiger charge is 2.40. The first-order valence-electron chi connectivity index (χ1n) is 7.33. The number of carboxylic acids is 1. The van der Waals surface area contributed by atoms with Crippen molar-refractivity contribution in [2.24, 2.45) is 0 Å². The van der Waals surface area contributed by atoms with Gasteiger partial charge >= 0.3 is 5.97 Å². The maximum atomic E-state index is 12.5. The zero-order valence-electron chi connectivity index (χ0n) is 12.4. The second-order valence-corrected chi connectivity index (χ2v) is 5.65. The Bertz CT molecular complexity index is 701. The first-order valence-corrected chi connectivity index (χ1v) is 7.33. The van der Waals surface area contributed by atoms with Crippen LogP contribution >= 0.6 is 0 Å². The molecule has 1 aromatic carbocycles. The maximum absolute atomic E-state index is 12.5. The van der Waals surface area contributed by atoms with Crippen molar-refractivity contribution in [3.05, 3.63) is 48.5 Å². The second kappa shape index (κ2) is 5.85. The number of nitrogens with zero attached hydrogens (tertiary/aromatic N) is 3. The van der Waals surface area contributed by atoms with Gasteiger partial charge in [0.15, 0.2) is 5.60 Å². The van der Waals surface area contributed by atoms with Crippen LogP contribution in [-0.2, 0) is 4.79 Å². The van der Waals surface area contributed by atoms with Gasteiger partial charge in [-0.25, -0.2) is 9.78 Å². The Hall–Kier alpha value is -2.67. The number of carbonyl (C=O) groups is 2. The van der Waals surface area contributed by atoms with Gasteiger partial charge in [0.25, 0.3) is 5.91 Å². The minimum atomic E-state index is -1.72. The van der Waals surface area contributed by atoms with Crippen LogP contribution in [0, 0.1) is 0 Å². The summed E-state index contributed by atoms with van der Waals surface area (Å²) in [5.41, 5.74) is -0.283. The normalized spacial score (nSPS) is 17.0. The summed E-state index contributed by atoms with van der Waals surface area (Å²) in [6.45, 7) is 0.454. The number of aromatic nitrogens is 2. The zero-order chi connectivity index (χ0) is 16.4. The monoisotopic (exact) mass is 315 g/mol. The number of aliphatic carboxylic acids is 1. The number of carboxylic acid groups (broad SMARTS) is 1. The highest BCUT2D eigenvalue weighted by atomic mass is 16.4. The average molecular weight is 315 g/mol. The van der Waals surface area contributed by atoms with Crippen LogP contribution in [0.3, 0.4) is 0 Å². The molecular weight excluding hydrogens is 298 g/mol. The van der Waals surface area contributed by atoms with Crippen molar-refractivity contribution in [2.45, 2.75) is 18.4 Å². The van der Waals surface area contributed by atoms with Gasteiger partial charge in [-0.2, -0.15) is 0 Å². The van der Waals surface area contributed by atoms with E-state index in [0.29, 0.717) is 5.56 Å². The minimum absolute atomic E-state index is 0.0429. The lowest BCUT2D eigenvalue weighted by atomic mass is 9.91. The van der Waals surface area contributed by atoms with E-state index in [1.165, 1.54) is 0 Å². The number of amides is 1. The van der Waals surface area contributed by atoms with Crippen molar-refractivity contribution in [1.29, 1.82) is 0 Å². The van der Waals surface area contributed by atoms with Gasteiger partial charge in [-0.15, -0.1) is 0 Å². The Balaban J connectivity index is 1.68. The highest BCUT2D eigenvalue weighted by Crippen LogP contribution is 2.23. The van der Waals surface area contributed by atoms with Crippen molar-refractivity contribution >= 4 is 11.9 Å². The van der Waals surface area contributed by atoms with Crippen LogP contribution in [0.4, 0.5) is 0 Å². The summed E-state index contributed by atoms with van der Waals surface area (Å²) in [4.78, 5) is 29.0. The quantitative estimate of drug-likeness (QED) is 0.878. The van der Waals surface area contributed by atoms with Crippen LogP contribution in [0.15, 0.2) is 43.0 Å². The molecule has 0 spiro atoms. The number of likely N-dealkylation sites (tertiary alicyclic amines) is 1. The SMILES string of the molecule is O=C(c1ccc(-n2ccnc2)cc1)N1CCC(O)(C(=O)O)CC1. The Morgan fingerprint density at radius 2 is 1.78 bits per heavy atom. The fraction of sp³-hybridized carbons (Fsp3) is 0.312. The summed E-state index contributed by atoms with van der Waals surface area (Å²) in [5, 5.41) is 18.9. The molecule has 0 saturated carbocycles. The fourth-order valence-electron chi connectivity index (χ4n) is 2.66. The number of aliphatic hydroxyl groups is 1. The van der Waals surface area contributed by atoms with E-state index in [4.69, 9.17) is 5.11 Å². The number of rotatable bonds is 3. The molecule has 2 heterocycles. The molecule has 0 atom stereocenters. The van der Waals surface area contributed by atoms with E-state index in [0.717, 1.165) is 5.69 Å². The largest absolute Gasteiger partial charge is 0.479 e. The van der Waals surface area contributed by atoms with Crippen molar-refractivity contribution in [1.82, 2.24) is 14.5 Å². The molecule has 2 N–H and O–H groups in total. The Morgan fingerprint density at radius 3 is 2.30 bits per heavy atom. The number of piperidine rings is 1. The van der Waals surface area contributed by atoms with Crippen molar-refractivity contribution in [3.63, 3.8) is 0 Å². The Labute approximate surface area is 132 Å². The molecule has 1 amide bonds. The average Bonchev–Trinajstić information content (AvgIpc) is 3.09. The van der Waals surface area contributed by atoms with Crippen LogP contribution in [0.1, 0.15) is 23.2 Å². The lowest BCUT2D eigenvalue weighted by molar-refractivity contribution is -0.162. The van der Waals surface area contributed by atoms with Gasteiger partial charge < -0.3 is 19.7 Å². The van der Waals surface area contributed by atoms with E-state index in [-0.39, 0.29) is 31.8 Å².